The SMILES string of the molecule is CCCC(C)=C(F)F. The molecule has 0 heterocycles. The number of hydrogen-bond acceptors (Lipinski definition) is 0. The molecule has 0 spiro atoms. The molecule has 0 radical (unpaired) electrons. The Balaban J connectivity index is 3.62. The summed E-state index contributed by atoms with van der Waals surface area (Å²) >= 11 is 0. The number of rotatable bonds is 2. The third-order valence-electron chi connectivity index (χ3n) is 0.948. The van der Waals surface area contributed by atoms with E-state index in [2.05, 4.69) is 0 Å². The van der Waals surface area contributed by atoms with E-state index in [4.69, 9.17) is 0 Å². The normalized spacial score (nSPS) is 9.00. The summed E-state index contributed by atoms with van der Waals surface area (Å²) in [4.78, 5) is 0. The minimum absolute atomic E-state index is 0.215. The number of hydrogen-bond donors (Lipinski definition) is 0. The zero-order valence-electron chi connectivity index (χ0n) is 5.17. The van der Waals surface area contributed by atoms with E-state index in [1.54, 1.807) is 0 Å². The van der Waals surface area contributed by atoms with Crippen LogP contribution in [-0.4, -0.2) is 0 Å². The van der Waals surface area contributed by atoms with Crippen LogP contribution < -0.4 is 0 Å². The predicted molar refractivity (Wildman–Crippen MR) is 29.8 cm³/mol. The Morgan fingerprint density at radius 2 is 1.88 bits per heavy atom. The zero-order chi connectivity index (χ0) is 6.57. The van der Waals surface area contributed by atoms with Crippen molar-refractivity contribution in [3.05, 3.63) is 11.7 Å². The van der Waals surface area contributed by atoms with E-state index >= 15 is 0 Å². The maximum absolute atomic E-state index is 11.5. The Kier molecular flexibility index (Phi) is 3.40. The molecule has 0 unspecified atom stereocenters. The van der Waals surface area contributed by atoms with Gasteiger partial charge in [0.15, 0.2) is 0 Å². The summed E-state index contributed by atoms with van der Waals surface area (Å²) in [6, 6.07) is 0. The Morgan fingerprint density at radius 1 is 1.38 bits per heavy atom. The largest absolute Gasteiger partial charge is 0.269 e. The van der Waals surface area contributed by atoms with Crippen LogP contribution in [-0.2, 0) is 0 Å². The first-order chi connectivity index (χ1) is 3.68. The van der Waals surface area contributed by atoms with Gasteiger partial charge >= 0.3 is 0 Å². The summed E-state index contributed by atoms with van der Waals surface area (Å²) in [5.41, 5.74) is 0.215. The summed E-state index contributed by atoms with van der Waals surface area (Å²) in [5, 5.41) is 0. The van der Waals surface area contributed by atoms with Crippen molar-refractivity contribution < 1.29 is 8.78 Å². The van der Waals surface area contributed by atoms with Gasteiger partial charge in [-0.2, -0.15) is 8.78 Å². The highest BCUT2D eigenvalue weighted by Gasteiger charge is 1.95. The van der Waals surface area contributed by atoms with Gasteiger partial charge in [0.1, 0.15) is 0 Å². The van der Waals surface area contributed by atoms with Crippen LogP contribution in [0, 0.1) is 0 Å². The fraction of sp³-hybridized carbons (Fsp3) is 0.667. The molecular weight excluding hydrogens is 110 g/mol. The summed E-state index contributed by atoms with van der Waals surface area (Å²) in [7, 11) is 0. The van der Waals surface area contributed by atoms with Gasteiger partial charge in [0.25, 0.3) is 6.08 Å². The molecule has 0 aromatic heterocycles. The van der Waals surface area contributed by atoms with Crippen LogP contribution in [0.2, 0.25) is 0 Å². The van der Waals surface area contributed by atoms with Crippen molar-refractivity contribution in [3.8, 4) is 0 Å². The molecule has 0 atom stereocenters. The molecule has 0 amide bonds. The van der Waals surface area contributed by atoms with Crippen LogP contribution in [0.3, 0.4) is 0 Å². The summed E-state index contributed by atoms with van der Waals surface area (Å²) in [6.07, 6.45) is -0.210. The Bertz CT molecular complexity index is 90.7. The van der Waals surface area contributed by atoms with Gasteiger partial charge in [-0.05, 0) is 18.9 Å². The third-order valence-corrected chi connectivity index (χ3v) is 0.948. The first-order valence-corrected chi connectivity index (χ1v) is 2.69. The second-order valence-corrected chi connectivity index (χ2v) is 1.79. The number of allylic oxidation sites excluding steroid dienone is 1. The Hall–Kier alpha value is -0.400. The summed E-state index contributed by atoms with van der Waals surface area (Å²) < 4.78 is 23.0. The summed E-state index contributed by atoms with van der Waals surface area (Å²) in [5.74, 6) is 0. The Morgan fingerprint density at radius 3 is 2.00 bits per heavy atom. The first-order valence-electron chi connectivity index (χ1n) is 2.69. The molecule has 0 saturated carbocycles. The minimum atomic E-state index is -1.52. The average molecular weight is 120 g/mol. The molecule has 0 aliphatic carbocycles. The van der Waals surface area contributed by atoms with Gasteiger partial charge in [-0.3, -0.25) is 0 Å². The lowest BCUT2D eigenvalue weighted by Gasteiger charge is -1.91. The van der Waals surface area contributed by atoms with Crippen molar-refractivity contribution >= 4 is 0 Å². The molecule has 0 nitrogen and oxygen atoms in total. The smallest absolute Gasteiger partial charge is 0.173 e. The van der Waals surface area contributed by atoms with Crippen molar-refractivity contribution in [3.63, 3.8) is 0 Å². The van der Waals surface area contributed by atoms with E-state index in [1.807, 2.05) is 6.92 Å². The lowest BCUT2D eigenvalue weighted by Crippen LogP contribution is -1.75. The molecule has 0 aliphatic rings. The summed E-state index contributed by atoms with van der Waals surface area (Å²) in [6.45, 7) is 3.34. The molecule has 0 aliphatic heterocycles. The molecular formula is C6H10F2. The van der Waals surface area contributed by atoms with Gasteiger partial charge in [-0.25, -0.2) is 0 Å². The van der Waals surface area contributed by atoms with E-state index in [0.717, 1.165) is 6.42 Å². The molecule has 0 bridgehead atoms. The van der Waals surface area contributed by atoms with Crippen molar-refractivity contribution in [1.29, 1.82) is 0 Å². The Labute approximate surface area is 48.2 Å². The maximum atomic E-state index is 11.5. The van der Waals surface area contributed by atoms with Crippen LogP contribution in [0.5, 0.6) is 0 Å². The van der Waals surface area contributed by atoms with Crippen LogP contribution in [0.25, 0.3) is 0 Å². The van der Waals surface area contributed by atoms with Gasteiger partial charge in [-0.1, -0.05) is 13.3 Å². The quantitative estimate of drug-likeness (QED) is 0.525. The molecule has 0 fully saturated rings. The molecule has 0 rings (SSSR count). The predicted octanol–water partition coefficient (Wildman–Crippen LogP) is 2.96. The van der Waals surface area contributed by atoms with E-state index in [9.17, 15) is 8.78 Å². The molecule has 0 saturated heterocycles. The second-order valence-electron chi connectivity index (χ2n) is 1.79. The lowest BCUT2D eigenvalue weighted by molar-refractivity contribution is 0.407. The monoisotopic (exact) mass is 120 g/mol. The fourth-order valence-electron chi connectivity index (χ4n) is 0.469. The average Bonchev–Trinajstić information content (AvgIpc) is 1.67. The van der Waals surface area contributed by atoms with Crippen molar-refractivity contribution in [2.45, 2.75) is 26.7 Å². The molecule has 2 heteroatoms. The van der Waals surface area contributed by atoms with Gasteiger partial charge in [0.05, 0.1) is 0 Å². The van der Waals surface area contributed by atoms with Gasteiger partial charge in [0.2, 0.25) is 0 Å². The van der Waals surface area contributed by atoms with Gasteiger partial charge in [0, 0.05) is 0 Å². The van der Waals surface area contributed by atoms with Gasteiger partial charge in [-0.15, -0.1) is 0 Å². The number of halogens is 2. The fourth-order valence-corrected chi connectivity index (χ4v) is 0.469. The minimum Gasteiger partial charge on any atom is -0.173 e. The van der Waals surface area contributed by atoms with Crippen molar-refractivity contribution in [1.82, 2.24) is 0 Å². The maximum Gasteiger partial charge on any atom is 0.269 e. The topological polar surface area (TPSA) is 0 Å². The first kappa shape index (κ1) is 7.60. The van der Waals surface area contributed by atoms with Crippen LogP contribution in [0.4, 0.5) is 8.78 Å². The van der Waals surface area contributed by atoms with Crippen molar-refractivity contribution in [2.24, 2.45) is 0 Å². The highest BCUT2D eigenvalue weighted by atomic mass is 19.3. The van der Waals surface area contributed by atoms with E-state index in [0.29, 0.717) is 6.42 Å². The third kappa shape index (κ3) is 2.72. The highest BCUT2D eigenvalue weighted by Crippen LogP contribution is 2.11. The second kappa shape index (κ2) is 3.58. The van der Waals surface area contributed by atoms with Crippen molar-refractivity contribution in [2.75, 3.05) is 0 Å². The van der Waals surface area contributed by atoms with E-state index < -0.39 is 6.08 Å². The zero-order valence-corrected chi connectivity index (χ0v) is 5.17. The lowest BCUT2D eigenvalue weighted by atomic mass is 10.2. The van der Waals surface area contributed by atoms with Gasteiger partial charge < -0.3 is 0 Å². The molecule has 0 aromatic rings. The molecule has 0 aromatic carbocycles. The van der Waals surface area contributed by atoms with E-state index in [1.165, 1.54) is 6.92 Å². The van der Waals surface area contributed by atoms with E-state index in [-0.39, 0.29) is 5.57 Å². The molecule has 8 heavy (non-hydrogen) atoms. The molecule has 0 N–H and O–H groups in total. The van der Waals surface area contributed by atoms with Crippen LogP contribution >= 0.6 is 0 Å². The van der Waals surface area contributed by atoms with Crippen LogP contribution in [0.1, 0.15) is 26.7 Å². The molecule has 48 valence electrons. The highest BCUT2D eigenvalue weighted by molar-refractivity contribution is 4.97. The van der Waals surface area contributed by atoms with Crippen LogP contribution in [0.15, 0.2) is 11.7 Å². The standard InChI is InChI=1S/C6H10F2/c1-3-4-5(2)6(7)8/h3-4H2,1-2H3.